The van der Waals surface area contributed by atoms with E-state index < -0.39 is 0 Å². The third-order valence-corrected chi connectivity index (χ3v) is 6.06. The molecule has 0 spiro atoms. The molecule has 0 saturated heterocycles. The highest BCUT2D eigenvalue weighted by Gasteiger charge is 2.09. The van der Waals surface area contributed by atoms with Gasteiger partial charge in [0.25, 0.3) is 0 Å². The highest BCUT2D eigenvalue weighted by Crippen LogP contribution is 2.17. The third kappa shape index (κ3) is 11.5. The molecule has 0 aromatic heterocycles. The first kappa shape index (κ1) is 27.7. The maximum atomic E-state index is 12.3. The minimum atomic E-state index is -0.241. The van der Waals surface area contributed by atoms with Gasteiger partial charge in [-0.25, -0.2) is 4.79 Å². The first-order valence-corrected chi connectivity index (χ1v) is 13.3. The lowest BCUT2D eigenvalue weighted by molar-refractivity contribution is 0.0442. The van der Waals surface area contributed by atoms with Crippen molar-refractivity contribution in [2.24, 2.45) is 5.92 Å². The van der Waals surface area contributed by atoms with E-state index in [1.54, 1.807) is 0 Å². The molecule has 3 heteroatoms. The van der Waals surface area contributed by atoms with Gasteiger partial charge >= 0.3 is 5.97 Å². The lowest BCUT2D eigenvalue weighted by atomic mass is 10.0. The Morgan fingerprint density at radius 2 is 1.32 bits per heavy atom. The Morgan fingerprint density at radius 1 is 0.765 bits per heavy atom. The van der Waals surface area contributed by atoms with E-state index in [-0.39, 0.29) is 5.97 Å². The zero-order valence-corrected chi connectivity index (χ0v) is 21.6. The van der Waals surface area contributed by atoms with Gasteiger partial charge in [-0.05, 0) is 54.2 Å². The zero-order valence-electron chi connectivity index (χ0n) is 21.6. The molecule has 0 unspecified atom stereocenters. The van der Waals surface area contributed by atoms with Crippen LogP contribution in [0.15, 0.2) is 48.5 Å². The lowest BCUT2D eigenvalue weighted by Crippen LogP contribution is -2.12. The maximum Gasteiger partial charge on any atom is 0.338 e. The molecule has 2 rings (SSSR count). The van der Waals surface area contributed by atoms with Crippen molar-refractivity contribution >= 4 is 18.1 Å². The van der Waals surface area contributed by atoms with Gasteiger partial charge in [0, 0.05) is 0 Å². The molecular formula is C31H44O3. The molecule has 0 aliphatic rings. The Hall–Kier alpha value is -2.55. The molecule has 186 valence electrons. The molecule has 0 N–H and O–H groups in total. The van der Waals surface area contributed by atoms with Crippen molar-refractivity contribution < 1.29 is 14.3 Å². The van der Waals surface area contributed by atoms with Gasteiger partial charge in [0.05, 0.1) is 18.8 Å². The summed E-state index contributed by atoms with van der Waals surface area (Å²) in [5.41, 5.74) is 2.77. The van der Waals surface area contributed by atoms with Crippen LogP contribution in [0.3, 0.4) is 0 Å². The summed E-state index contributed by atoms with van der Waals surface area (Å²) in [6, 6.07) is 15.8. The largest absolute Gasteiger partial charge is 0.494 e. The molecule has 0 aliphatic carbocycles. The third-order valence-electron chi connectivity index (χ3n) is 6.06. The highest BCUT2D eigenvalue weighted by atomic mass is 16.5. The van der Waals surface area contributed by atoms with E-state index in [1.807, 2.05) is 36.4 Å². The molecule has 0 radical (unpaired) electrons. The van der Waals surface area contributed by atoms with Crippen molar-refractivity contribution in [3.05, 3.63) is 65.2 Å². The fourth-order valence-corrected chi connectivity index (χ4v) is 3.80. The van der Waals surface area contributed by atoms with E-state index in [1.165, 1.54) is 51.4 Å². The van der Waals surface area contributed by atoms with E-state index in [0.29, 0.717) is 18.1 Å². The van der Waals surface area contributed by atoms with Gasteiger partial charge in [-0.15, -0.1) is 0 Å². The number of esters is 1. The van der Waals surface area contributed by atoms with Gasteiger partial charge in [0.15, 0.2) is 0 Å². The average Bonchev–Trinajstić information content (AvgIpc) is 2.86. The molecule has 0 heterocycles. The first-order chi connectivity index (χ1) is 16.6. The average molecular weight is 465 g/mol. The second kappa shape index (κ2) is 17.0. The number of unbranched alkanes of at least 4 members (excludes halogenated alkanes) is 7. The van der Waals surface area contributed by atoms with Gasteiger partial charge < -0.3 is 9.47 Å². The Kier molecular flexibility index (Phi) is 13.8. The number of rotatable bonds is 17. The van der Waals surface area contributed by atoms with Crippen LogP contribution < -0.4 is 4.74 Å². The summed E-state index contributed by atoms with van der Waals surface area (Å²) in [6.45, 7) is 7.86. The minimum Gasteiger partial charge on any atom is -0.494 e. The Morgan fingerprint density at radius 3 is 1.97 bits per heavy atom. The quantitative estimate of drug-likeness (QED) is 0.133. The molecule has 3 nitrogen and oxygen atoms in total. The molecule has 2 aromatic carbocycles. The number of hydrogen-bond acceptors (Lipinski definition) is 3. The standard InChI is InChI=1S/C31H44O3/c1-4-6-8-9-10-12-24-33-30-22-18-28(19-23-30)15-14-27-16-20-29(21-17-27)31(32)34-25-26(3)13-11-7-5-2/h14-23,26H,4-13,24-25H2,1-3H3/t26-/m1/s1. The molecule has 0 aliphatic heterocycles. The van der Waals surface area contributed by atoms with E-state index in [9.17, 15) is 4.79 Å². The van der Waals surface area contributed by atoms with Crippen LogP contribution in [0.1, 0.15) is 106 Å². The predicted octanol–water partition coefficient (Wildman–Crippen LogP) is 8.97. The van der Waals surface area contributed by atoms with Crippen molar-refractivity contribution in [3.8, 4) is 5.75 Å². The van der Waals surface area contributed by atoms with Gasteiger partial charge in [0.2, 0.25) is 0 Å². The second-order valence-electron chi connectivity index (χ2n) is 9.34. The van der Waals surface area contributed by atoms with Crippen molar-refractivity contribution in [1.29, 1.82) is 0 Å². The van der Waals surface area contributed by atoms with E-state index in [2.05, 4.69) is 45.1 Å². The number of hydrogen-bond donors (Lipinski definition) is 0. The molecular weight excluding hydrogens is 420 g/mol. The smallest absolute Gasteiger partial charge is 0.338 e. The van der Waals surface area contributed by atoms with Crippen LogP contribution >= 0.6 is 0 Å². The summed E-state index contributed by atoms with van der Waals surface area (Å²) in [7, 11) is 0. The number of carbonyl (C=O) groups excluding carboxylic acids is 1. The second-order valence-corrected chi connectivity index (χ2v) is 9.34. The van der Waals surface area contributed by atoms with E-state index in [4.69, 9.17) is 9.47 Å². The summed E-state index contributed by atoms with van der Waals surface area (Å²) in [4.78, 5) is 12.3. The minimum absolute atomic E-state index is 0.241. The van der Waals surface area contributed by atoms with Gasteiger partial charge in [-0.3, -0.25) is 0 Å². The Labute approximate surface area is 207 Å². The zero-order chi connectivity index (χ0) is 24.4. The number of ether oxygens (including phenoxy) is 2. The predicted molar refractivity (Wildman–Crippen MR) is 144 cm³/mol. The van der Waals surface area contributed by atoms with Gasteiger partial charge in [0.1, 0.15) is 5.75 Å². The maximum absolute atomic E-state index is 12.3. The number of carbonyl (C=O) groups is 1. The molecule has 2 aromatic rings. The van der Waals surface area contributed by atoms with Crippen LogP contribution in [0.2, 0.25) is 0 Å². The lowest BCUT2D eigenvalue weighted by Gasteiger charge is -2.11. The summed E-state index contributed by atoms with van der Waals surface area (Å²) in [6.07, 6.45) is 16.5. The van der Waals surface area contributed by atoms with Crippen LogP contribution in [0.5, 0.6) is 5.75 Å². The monoisotopic (exact) mass is 464 g/mol. The van der Waals surface area contributed by atoms with Crippen molar-refractivity contribution in [1.82, 2.24) is 0 Å². The fourth-order valence-electron chi connectivity index (χ4n) is 3.80. The van der Waals surface area contributed by atoms with Gasteiger partial charge in [-0.2, -0.15) is 0 Å². The van der Waals surface area contributed by atoms with Crippen molar-refractivity contribution in [2.75, 3.05) is 13.2 Å². The molecule has 1 atom stereocenters. The van der Waals surface area contributed by atoms with Crippen LogP contribution in [0, 0.1) is 5.92 Å². The Balaban J connectivity index is 1.72. The Bertz CT molecular complexity index is 821. The first-order valence-electron chi connectivity index (χ1n) is 13.3. The molecule has 0 amide bonds. The van der Waals surface area contributed by atoms with Crippen LogP contribution in [-0.4, -0.2) is 19.2 Å². The topological polar surface area (TPSA) is 35.5 Å². The molecule has 34 heavy (non-hydrogen) atoms. The summed E-state index contributed by atoms with van der Waals surface area (Å²) >= 11 is 0. The van der Waals surface area contributed by atoms with Crippen LogP contribution in [-0.2, 0) is 4.74 Å². The highest BCUT2D eigenvalue weighted by molar-refractivity contribution is 5.89. The summed E-state index contributed by atoms with van der Waals surface area (Å²) in [5, 5.41) is 0. The van der Waals surface area contributed by atoms with Crippen LogP contribution in [0.4, 0.5) is 0 Å². The number of benzene rings is 2. The summed E-state index contributed by atoms with van der Waals surface area (Å²) in [5.74, 6) is 1.09. The van der Waals surface area contributed by atoms with Crippen molar-refractivity contribution in [3.63, 3.8) is 0 Å². The van der Waals surface area contributed by atoms with E-state index >= 15 is 0 Å². The summed E-state index contributed by atoms with van der Waals surface area (Å²) < 4.78 is 11.3. The van der Waals surface area contributed by atoms with E-state index in [0.717, 1.165) is 36.3 Å². The molecule has 0 bridgehead atoms. The van der Waals surface area contributed by atoms with Crippen LogP contribution in [0.25, 0.3) is 12.2 Å². The molecule has 0 saturated carbocycles. The molecule has 0 fully saturated rings. The SMILES string of the molecule is CCCCCCCCOc1ccc(C=Cc2ccc(C(=O)OC[C@H](C)CCCCC)cc2)cc1. The fraction of sp³-hybridized carbons (Fsp3) is 0.516. The normalized spacial score (nSPS) is 12.1. The van der Waals surface area contributed by atoms with Gasteiger partial charge in [-0.1, -0.05) is 109 Å². The van der Waals surface area contributed by atoms with Crippen molar-refractivity contribution in [2.45, 2.75) is 85.0 Å².